The molecule has 1 aliphatic heterocycles. The molecular weight excluding hydrogens is 308 g/mol. The smallest absolute Gasteiger partial charge is 0.215 e. The highest BCUT2D eigenvalue weighted by Crippen LogP contribution is 2.23. The number of sulfonamides is 1. The molecule has 1 aromatic carbocycles. The summed E-state index contributed by atoms with van der Waals surface area (Å²) in [6.45, 7) is 2.55. The number of rotatable bonds is 6. The molecule has 0 aliphatic carbocycles. The van der Waals surface area contributed by atoms with Gasteiger partial charge in [0.15, 0.2) is 0 Å². The van der Waals surface area contributed by atoms with E-state index >= 15 is 0 Å². The fourth-order valence-electron chi connectivity index (χ4n) is 2.42. The number of hydrogen-bond acceptors (Lipinski definition) is 5. The number of nitrogen functional groups attached to an aromatic ring is 1. The van der Waals surface area contributed by atoms with Gasteiger partial charge in [-0.25, -0.2) is 8.42 Å². The summed E-state index contributed by atoms with van der Waals surface area (Å²) in [6, 6.07) is 7.43. The van der Waals surface area contributed by atoms with Crippen molar-refractivity contribution in [1.29, 1.82) is 0 Å². The Labute approximate surface area is 130 Å². The van der Waals surface area contributed by atoms with Gasteiger partial charge in [0.2, 0.25) is 10.0 Å². The van der Waals surface area contributed by atoms with E-state index in [4.69, 9.17) is 10.5 Å². The largest absolute Gasteiger partial charge is 0.399 e. The van der Waals surface area contributed by atoms with E-state index in [2.05, 4.69) is 0 Å². The van der Waals surface area contributed by atoms with Gasteiger partial charge >= 0.3 is 0 Å². The molecule has 5 nitrogen and oxygen atoms in total. The highest BCUT2D eigenvalue weighted by atomic mass is 32.2. The number of likely N-dealkylation sites (N-methyl/N-ethyl adjacent to an activating group) is 1. The first-order valence-electron chi connectivity index (χ1n) is 6.96. The van der Waals surface area contributed by atoms with Crippen molar-refractivity contribution >= 4 is 27.5 Å². The number of nitrogens with zero attached hydrogens (tertiary/aromatic N) is 1. The lowest BCUT2D eigenvalue weighted by atomic mass is 10.2. The molecule has 118 valence electrons. The van der Waals surface area contributed by atoms with Gasteiger partial charge in [0.05, 0.1) is 17.9 Å². The van der Waals surface area contributed by atoms with Crippen LogP contribution in [0.3, 0.4) is 0 Å². The monoisotopic (exact) mass is 330 g/mol. The van der Waals surface area contributed by atoms with Gasteiger partial charge in [0, 0.05) is 30.0 Å². The third-order valence-electron chi connectivity index (χ3n) is 3.71. The van der Waals surface area contributed by atoms with Crippen LogP contribution >= 0.6 is 11.8 Å². The Morgan fingerprint density at radius 1 is 1.48 bits per heavy atom. The van der Waals surface area contributed by atoms with E-state index in [-0.39, 0.29) is 17.9 Å². The first kappa shape index (κ1) is 16.6. The van der Waals surface area contributed by atoms with Gasteiger partial charge in [-0.2, -0.15) is 4.31 Å². The summed E-state index contributed by atoms with van der Waals surface area (Å²) in [5.74, 6) is 0.629. The third kappa shape index (κ3) is 4.35. The predicted molar refractivity (Wildman–Crippen MR) is 86.9 cm³/mol. The number of hydrogen-bond donors (Lipinski definition) is 1. The molecule has 7 heteroatoms. The first-order chi connectivity index (χ1) is 9.90. The zero-order valence-corrected chi connectivity index (χ0v) is 14.0. The second kappa shape index (κ2) is 7.00. The van der Waals surface area contributed by atoms with Crippen molar-refractivity contribution in [1.82, 2.24) is 4.31 Å². The van der Waals surface area contributed by atoms with Gasteiger partial charge in [-0.1, -0.05) is 6.07 Å². The quantitative estimate of drug-likeness (QED) is 0.636. The Kier molecular flexibility index (Phi) is 5.54. The molecule has 0 bridgehead atoms. The van der Waals surface area contributed by atoms with Crippen LogP contribution in [0.4, 0.5) is 5.69 Å². The minimum atomic E-state index is -3.26. The standard InChI is InChI=1S/C14H22N2O3S2/c1-11-14(6-7-19-11)16(2)21(17,18)9-8-20-13-5-3-4-12(15)10-13/h3-5,10-11,14H,6-9,15H2,1-2H3. The van der Waals surface area contributed by atoms with E-state index in [1.54, 1.807) is 7.05 Å². The zero-order chi connectivity index (χ0) is 15.5. The van der Waals surface area contributed by atoms with Gasteiger partial charge in [-0.3, -0.25) is 0 Å². The molecule has 1 aliphatic rings. The number of anilines is 1. The van der Waals surface area contributed by atoms with Crippen LogP contribution in [-0.2, 0) is 14.8 Å². The van der Waals surface area contributed by atoms with Crippen LogP contribution in [-0.4, -0.2) is 50.0 Å². The highest BCUT2D eigenvalue weighted by Gasteiger charge is 2.34. The molecule has 2 atom stereocenters. The fourth-order valence-corrected chi connectivity index (χ4v) is 5.20. The molecule has 2 unspecified atom stereocenters. The molecule has 1 saturated heterocycles. The minimum absolute atomic E-state index is 0.0358. The fraction of sp³-hybridized carbons (Fsp3) is 0.571. The SMILES string of the molecule is CC1OCCC1N(C)S(=O)(=O)CCSc1cccc(N)c1. The summed E-state index contributed by atoms with van der Waals surface area (Å²) in [5, 5.41) is 0. The van der Waals surface area contributed by atoms with Crippen LogP contribution in [0.25, 0.3) is 0 Å². The molecule has 0 aromatic heterocycles. The van der Waals surface area contributed by atoms with E-state index < -0.39 is 10.0 Å². The number of thioether (sulfide) groups is 1. The second-order valence-corrected chi connectivity index (χ2v) is 8.50. The summed E-state index contributed by atoms with van der Waals surface area (Å²) in [7, 11) is -1.61. The van der Waals surface area contributed by atoms with Crippen molar-refractivity contribution < 1.29 is 13.2 Å². The first-order valence-corrected chi connectivity index (χ1v) is 9.55. The number of nitrogens with two attached hydrogens (primary N) is 1. The van der Waals surface area contributed by atoms with Crippen LogP contribution in [0.5, 0.6) is 0 Å². The van der Waals surface area contributed by atoms with Gasteiger partial charge in [0.25, 0.3) is 0 Å². The van der Waals surface area contributed by atoms with E-state index in [9.17, 15) is 8.42 Å². The van der Waals surface area contributed by atoms with Gasteiger partial charge in [0.1, 0.15) is 0 Å². The molecule has 0 saturated carbocycles. The van der Waals surface area contributed by atoms with Crippen LogP contribution in [0.15, 0.2) is 29.2 Å². The lowest BCUT2D eigenvalue weighted by molar-refractivity contribution is 0.102. The molecular formula is C14H22N2O3S2. The van der Waals surface area contributed by atoms with Gasteiger partial charge in [-0.05, 0) is 31.5 Å². The summed E-state index contributed by atoms with van der Waals surface area (Å²) in [6.07, 6.45) is 0.727. The van der Waals surface area contributed by atoms with Crippen molar-refractivity contribution in [2.75, 3.05) is 30.9 Å². The zero-order valence-electron chi connectivity index (χ0n) is 12.4. The Morgan fingerprint density at radius 3 is 2.86 bits per heavy atom. The van der Waals surface area contributed by atoms with Crippen molar-refractivity contribution in [2.24, 2.45) is 0 Å². The van der Waals surface area contributed by atoms with Gasteiger partial charge < -0.3 is 10.5 Å². The van der Waals surface area contributed by atoms with Crippen molar-refractivity contribution in [3.8, 4) is 0 Å². The second-order valence-electron chi connectivity index (χ2n) is 5.19. The van der Waals surface area contributed by atoms with Crippen LogP contribution in [0.1, 0.15) is 13.3 Å². The predicted octanol–water partition coefficient (Wildman–Crippen LogP) is 1.80. The lowest BCUT2D eigenvalue weighted by Crippen LogP contribution is -2.42. The Morgan fingerprint density at radius 2 is 2.24 bits per heavy atom. The molecule has 1 fully saturated rings. The molecule has 2 rings (SSSR count). The Balaban J connectivity index is 1.89. The van der Waals surface area contributed by atoms with Crippen molar-refractivity contribution in [2.45, 2.75) is 30.4 Å². The average Bonchev–Trinajstić information content (AvgIpc) is 2.84. The average molecular weight is 330 g/mol. The summed E-state index contributed by atoms with van der Waals surface area (Å²) in [4.78, 5) is 0.991. The van der Waals surface area contributed by atoms with E-state index in [0.29, 0.717) is 18.0 Å². The Bertz CT molecular complexity index is 577. The minimum Gasteiger partial charge on any atom is -0.399 e. The van der Waals surface area contributed by atoms with Crippen molar-refractivity contribution in [3.05, 3.63) is 24.3 Å². The van der Waals surface area contributed by atoms with E-state index in [1.165, 1.54) is 16.1 Å². The summed E-state index contributed by atoms with van der Waals surface area (Å²) in [5.41, 5.74) is 6.40. The summed E-state index contributed by atoms with van der Waals surface area (Å²) < 4.78 is 31.6. The maximum atomic E-state index is 12.4. The van der Waals surface area contributed by atoms with Crippen LogP contribution < -0.4 is 5.73 Å². The molecule has 1 heterocycles. The van der Waals surface area contributed by atoms with Crippen LogP contribution in [0.2, 0.25) is 0 Å². The highest BCUT2D eigenvalue weighted by molar-refractivity contribution is 8.00. The molecule has 0 radical (unpaired) electrons. The topological polar surface area (TPSA) is 72.6 Å². The lowest BCUT2D eigenvalue weighted by Gasteiger charge is -2.25. The van der Waals surface area contributed by atoms with E-state index in [1.807, 2.05) is 31.2 Å². The molecule has 0 amide bonds. The van der Waals surface area contributed by atoms with Gasteiger partial charge in [-0.15, -0.1) is 11.8 Å². The number of benzene rings is 1. The Hall–Kier alpha value is -0.760. The van der Waals surface area contributed by atoms with Crippen molar-refractivity contribution in [3.63, 3.8) is 0 Å². The maximum absolute atomic E-state index is 12.4. The maximum Gasteiger partial charge on any atom is 0.215 e. The number of ether oxygens (including phenoxy) is 1. The molecule has 2 N–H and O–H groups in total. The normalized spacial score (nSPS) is 22.8. The third-order valence-corrected chi connectivity index (χ3v) is 6.83. The van der Waals surface area contributed by atoms with Crippen LogP contribution in [0, 0.1) is 0 Å². The summed E-state index contributed by atoms with van der Waals surface area (Å²) >= 11 is 1.51. The van der Waals surface area contributed by atoms with E-state index in [0.717, 1.165) is 11.3 Å². The molecule has 0 spiro atoms. The molecule has 1 aromatic rings. The molecule has 21 heavy (non-hydrogen) atoms.